The van der Waals surface area contributed by atoms with Crippen molar-refractivity contribution in [2.75, 3.05) is 42.7 Å². The minimum Gasteiger partial charge on any atom is -0.495 e. The quantitative estimate of drug-likeness (QED) is 0.0372. The molecule has 0 aromatic heterocycles. The first kappa shape index (κ1) is 56.8. The van der Waals surface area contributed by atoms with Crippen LogP contribution in [-0.2, 0) is 41.4 Å². The Bertz CT molecular complexity index is 2970. The minimum absolute atomic E-state index is 0.000369. The van der Waals surface area contributed by atoms with Crippen LogP contribution in [0.1, 0.15) is 108 Å². The van der Waals surface area contributed by atoms with Crippen LogP contribution in [0.4, 0.5) is 0 Å². The van der Waals surface area contributed by atoms with Gasteiger partial charge in [-0.05, 0) is 77.9 Å². The van der Waals surface area contributed by atoms with Gasteiger partial charge in [-0.25, -0.2) is 19.2 Å². The molecule has 0 saturated carbocycles. The predicted octanol–water partition coefficient (Wildman–Crippen LogP) is 10.3. The molecule has 0 amide bonds. The van der Waals surface area contributed by atoms with E-state index in [4.69, 9.17) is 56.8 Å². The zero-order valence-corrected chi connectivity index (χ0v) is 45.0. The fourth-order valence-corrected chi connectivity index (χ4v) is 8.96. The maximum absolute atomic E-state index is 14.6. The molecule has 0 aliphatic heterocycles. The minimum atomic E-state index is -0.969. The van der Waals surface area contributed by atoms with Gasteiger partial charge in [0.15, 0.2) is 23.0 Å². The zero-order chi connectivity index (χ0) is 55.7. The van der Waals surface area contributed by atoms with Gasteiger partial charge in [-0.2, -0.15) is 0 Å². The maximum atomic E-state index is 14.6. The summed E-state index contributed by atoms with van der Waals surface area (Å²) in [5, 5.41) is 0.240. The van der Waals surface area contributed by atoms with E-state index in [1.54, 1.807) is 114 Å². The summed E-state index contributed by atoms with van der Waals surface area (Å²) >= 11 is 0. The van der Waals surface area contributed by atoms with E-state index in [9.17, 15) is 28.8 Å². The summed E-state index contributed by atoms with van der Waals surface area (Å²) in [6, 6.07) is 20.1. The number of carbonyl (C=O) groups is 6. The summed E-state index contributed by atoms with van der Waals surface area (Å²) in [7, 11) is 7.60. The summed E-state index contributed by atoms with van der Waals surface area (Å²) in [5.74, 6) is -5.92. The second-order valence-electron chi connectivity index (χ2n) is 17.9. The summed E-state index contributed by atoms with van der Waals surface area (Å²) in [4.78, 5) is 82.9. The molecule has 6 aromatic rings. The van der Waals surface area contributed by atoms with E-state index in [-0.39, 0.29) is 103 Å². The first-order chi connectivity index (χ1) is 36.2. The van der Waals surface area contributed by atoms with E-state index in [1.807, 2.05) is 0 Å². The number of rotatable bonds is 21. The standard InChI is InChI=1S/C58H62O18/c1-29(2)71-51-41(39-27-37(25-31(5)73-55(61)35-21-17-15-18-22-35)47(65-9)53(75-33(7)59)43(39)49(67-11)45(51)57(63)69-13)42-40-28-38(26-32(6)74-56(62)36-23-19-16-20-24-36)48(66-10)54(76-34(8)60)44(40)50(68-12)46(58(64)70-14)52(42)72-30(3)4/h15-24,27-32H,25-26H2,1-14H3/t31-,32-/m1/s1. The van der Waals surface area contributed by atoms with Crippen LogP contribution >= 0.6 is 0 Å². The number of hydrogen-bond donors (Lipinski definition) is 0. The summed E-state index contributed by atoms with van der Waals surface area (Å²) in [5.41, 5.74) is 0.662. The van der Waals surface area contributed by atoms with Crippen LogP contribution < -0.4 is 37.9 Å². The average molecular weight is 1050 g/mol. The van der Waals surface area contributed by atoms with Crippen molar-refractivity contribution in [1.29, 1.82) is 0 Å². The van der Waals surface area contributed by atoms with Crippen molar-refractivity contribution >= 4 is 57.4 Å². The Kier molecular flexibility index (Phi) is 18.4. The molecular formula is C58H62O18. The van der Waals surface area contributed by atoms with E-state index in [0.29, 0.717) is 22.3 Å². The van der Waals surface area contributed by atoms with Crippen LogP contribution in [0.5, 0.6) is 46.0 Å². The number of benzene rings is 6. The molecule has 0 fully saturated rings. The van der Waals surface area contributed by atoms with Crippen molar-refractivity contribution < 1.29 is 85.6 Å². The number of ether oxygens (including phenoxy) is 12. The van der Waals surface area contributed by atoms with Crippen LogP contribution in [0.2, 0.25) is 0 Å². The van der Waals surface area contributed by atoms with Gasteiger partial charge < -0.3 is 56.8 Å². The zero-order valence-electron chi connectivity index (χ0n) is 45.0. The van der Waals surface area contributed by atoms with Gasteiger partial charge in [-0.3, -0.25) is 9.59 Å². The van der Waals surface area contributed by atoms with Gasteiger partial charge in [0.05, 0.1) is 76.8 Å². The fourth-order valence-electron chi connectivity index (χ4n) is 8.96. The Morgan fingerprint density at radius 2 is 0.750 bits per heavy atom. The molecule has 6 rings (SSSR count). The fraction of sp³-hybridized carbons (Fsp3) is 0.345. The van der Waals surface area contributed by atoms with Gasteiger partial charge in [0.25, 0.3) is 0 Å². The Balaban J connectivity index is 1.94. The van der Waals surface area contributed by atoms with Crippen LogP contribution in [0.25, 0.3) is 32.7 Å². The lowest BCUT2D eigenvalue weighted by Gasteiger charge is -2.29. The van der Waals surface area contributed by atoms with E-state index in [0.717, 1.165) is 14.2 Å². The molecule has 76 heavy (non-hydrogen) atoms. The van der Waals surface area contributed by atoms with Crippen molar-refractivity contribution in [3.05, 3.63) is 106 Å². The normalized spacial score (nSPS) is 11.8. The van der Waals surface area contributed by atoms with E-state index >= 15 is 0 Å². The molecule has 0 N–H and O–H groups in total. The second kappa shape index (κ2) is 24.7. The first-order valence-electron chi connectivity index (χ1n) is 24.2. The molecule has 6 aromatic carbocycles. The second-order valence-corrected chi connectivity index (χ2v) is 17.9. The summed E-state index contributed by atoms with van der Waals surface area (Å²) in [6.45, 7) is 12.5. The third-order valence-electron chi connectivity index (χ3n) is 11.7. The van der Waals surface area contributed by atoms with Gasteiger partial charge in [-0.1, -0.05) is 36.4 Å². The highest BCUT2D eigenvalue weighted by atomic mass is 16.6. The predicted molar refractivity (Wildman–Crippen MR) is 280 cm³/mol. The Morgan fingerprint density at radius 1 is 0.421 bits per heavy atom. The smallest absolute Gasteiger partial charge is 0.345 e. The number of methoxy groups -OCH3 is 6. The molecule has 0 bridgehead atoms. The molecule has 18 heteroatoms. The lowest BCUT2D eigenvalue weighted by Crippen LogP contribution is -2.19. The van der Waals surface area contributed by atoms with E-state index in [2.05, 4.69) is 0 Å². The van der Waals surface area contributed by atoms with E-state index in [1.165, 1.54) is 42.3 Å². The molecule has 0 heterocycles. The van der Waals surface area contributed by atoms with Crippen molar-refractivity contribution in [3.8, 4) is 57.1 Å². The molecule has 0 saturated heterocycles. The SMILES string of the molecule is COC(=O)c1c(OC(C)C)c(-c2c(OC(C)C)c(C(=O)OC)c(OC)c3c(OC(C)=O)c(OC)c(C[C@@H](C)OC(=O)c4ccccc4)cc23)c2cc(C[C@@H](C)OC(=O)c3ccccc3)c(OC)c(OC(C)=O)c2c1OC. The number of hydrogen-bond acceptors (Lipinski definition) is 18. The molecule has 402 valence electrons. The largest absolute Gasteiger partial charge is 0.495 e. The molecule has 0 aliphatic carbocycles. The molecule has 18 nitrogen and oxygen atoms in total. The highest BCUT2D eigenvalue weighted by Crippen LogP contribution is 2.60. The van der Waals surface area contributed by atoms with Crippen molar-refractivity contribution in [1.82, 2.24) is 0 Å². The van der Waals surface area contributed by atoms with Crippen molar-refractivity contribution in [2.45, 2.75) is 92.6 Å². The lowest BCUT2D eigenvalue weighted by atomic mass is 9.84. The van der Waals surface area contributed by atoms with Crippen molar-refractivity contribution in [3.63, 3.8) is 0 Å². The summed E-state index contributed by atoms with van der Waals surface area (Å²) < 4.78 is 72.8. The van der Waals surface area contributed by atoms with Gasteiger partial charge in [-0.15, -0.1) is 0 Å². The molecule has 0 spiro atoms. The number of carbonyl (C=O) groups excluding carboxylic acids is 6. The van der Waals surface area contributed by atoms with Crippen molar-refractivity contribution in [2.24, 2.45) is 0 Å². The Hall–Kier alpha value is -8.54. The molecule has 2 atom stereocenters. The highest BCUT2D eigenvalue weighted by molar-refractivity contribution is 6.22. The van der Waals surface area contributed by atoms with Crippen LogP contribution in [-0.4, -0.2) is 103 Å². The Labute approximate surface area is 440 Å². The molecule has 0 unspecified atom stereocenters. The maximum Gasteiger partial charge on any atom is 0.345 e. The third kappa shape index (κ3) is 11.9. The van der Waals surface area contributed by atoms with Crippen LogP contribution in [0.3, 0.4) is 0 Å². The first-order valence-corrected chi connectivity index (χ1v) is 24.2. The third-order valence-corrected chi connectivity index (χ3v) is 11.7. The highest BCUT2D eigenvalue weighted by Gasteiger charge is 2.39. The molecular weight excluding hydrogens is 985 g/mol. The Morgan fingerprint density at radius 3 is 1.03 bits per heavy atom. The number of fused-ring (bicyclic) bond motifs is 2. The van der Waals surface area contributed by atoms with Gasteiger partial charge in [0.2, 0.25) is 0 Å². The molecule has 0 aliphatic rings. The number of esters is 6. The van der Waals surface area contributed by atoms with Gasteiger partial charge >= 0.3 is 35.8 Å². The lowest BCUT2D eigenvalue weighted by molar-refractivity contribution is -0.132. The van der Waals surface area contributed by atoms with Gasteiger partial charge in [0.1, 0.15) is 46.3 Å². The monoisotopic (exact) mass is 1050 g/mol. The topological polar surface area (TPSA) is 213 Å². The summed E-state index contributed by atoms with van der Waals surface area (Å²) in [6.07, 6.45) is -3.26. The van der Waals surface area contributed by atoms with Crippen LogP contribution in [0, 0.1) is 0 Å². The molecule has 0 radical (unpaired) electrons. The average Bonchev–Trinajstić information content (AvgIpc) is 3.49. The van der Waals surface area contributed by atoms with E-state index < -0.39 is 60.2 Å². The van der Waals surface area contributed by atoms with Gasteiger partial charge in [0, 0.05) is 59.7 Å². The van der Waals surface area contributed by atoms with Crippen LogP contribution in [0.15, 0.2) is 72.8 Å².